The van der Waals surface area contributed by atoms with Gasteiger partial charge in [-0.25, -0.2) is 0 Å². The van der Waals surface area contributed by atoms with E-state index >= 15 is 0 Å². The molecular formula is C12H29NSi2. The molecule has 0 atom stereocenters. The van der Waals surface area contributed by atoms with Crippen molar-refractivity contribution in [3.05, 3.63) is 0 Å². The highest BCUT2D eigenvalue weighted by Crippen LogP contribution is 2.31. The molecule has 0 saturated heterocycles. The van der Waals surface area contributed by atoms with E-state index in [0.717, 1.165) is 6.04 Å². The third kappa shape index (κ3) is 3.72. The van der Waals surface area contributed by atoms with Crippen molar-refractivity contribution in [3.63, 3.8) is 0 Å². The Morgan fingerprint density at radius 3 is 1.47 bits per heavy atom. The molecule has 90 valence electrons. The molecule has 1 rings (SSSR count). The summed E-state index contributed by atoms with van der Waals surface area (Å²) in [7, 11) is -2.23. The normalized spacial score (nSPS) is 21.0. The summed E-state index contributed by atoms with van der Waals surface area (Å²) < 4.78 is 3.01. The molecule has 1 saturated carbocycles. The minimum Gasteiger partial charge on any atom is -0.343 e. The van der Waals surface area contributed by atoms with Gasteiger partial charge in [0, 0.05) is 0 Å². The van der Waals surface area contributed by atoms with Gasteiger partial charge >= 0.3 is 0 Å². The zero-order chi connectivity index (χ0) is 11.7. The second-order valence-electron chi connectivity index (χ2n) is 7.00. The lowest BCUT2D eigenvalue weighted by molar-refractivity contribution is 0.325. The molecule has 0 radical (unpaired) electrons. The lowest BCUT2D eigenvalue weighted by Crippen LogP contribution is -2.63. The predicted octanol–water partition coefficient (Wildman–Crippen LogP) is 4.29. The van der Waals surface area contributed by atoms with Crippen LogP contribution in [0, 0.1) is 0 Å². The largest absolute Gasteiger partial charge is 0.343 e. The SMILES string of the molecule is C[Si](C)(C)N(C1CCCCC1)[Si](C)(C)C. The van der Waals surface area contributed by atoms with Gasteiger partial charge in [0.1, 0.15) is 16.5 Å². The highest BCUT2D eigenvalue weighted by atomic mass is 28.4. The third-order valence-corrected chi connectivity index (χ3v) is 11.0. The second-order valence-corrected chi connectivity index (χ2v) is 17.1. The summed E-state index contributed by atoms with van der Waals surface area (Å²) in [5.74, 6) is 0. The van der Waals surface area contributed by atoms with E-state index < -0.39 is 16.5 Å². The molecule has 0 amide bonds. The van der Waals surface area contributed by atoms with Gasteiger partial charge in [-0.3, -0.25) is 0 Å². The van der Waals surface area contributed by atoms with Crippen LogP contribution in [0.5, 0.6) is 0 Å². The molecule has 0 N–H and O–H groups in total. The molecule has 0 aliphatic heterocycles. The fourth-order valence-corrected chi connectivity index (χ4v) is 14.2. The van der Waals surface area contributed by atoms with Crippen LogP contribution in [0.25, 0.3) is 0 Å². The zero-order valence-electron chi connectivity index (χ0n) is 11.6. The summed E-state index contributed by atoms with van der Waals surface area (Å²) in [6, 6.07) is 0.928. The maximum atomic E-state index is 3.01. The molecule has 15 heavy (non-hydrogen) atoms. The van der Waals surface area contributed by atoms with Gasteiger partial charge in [-0.1, -0.05) is 58.5 Å². The summed E-state index contributed by atoms with van der Waals surface area (Å²) in [4.78, 5) is 0. The minimum atomic E-state index is -1.11. The minimum absolute atomic E-state index is 0.928. The second kappa shape index (κ2) is 4.72. The number of hydrogen-bond donors (Lipinski definition) is 0. The van der Waals surface area contributed by atoms with Gasteiger partial charge in [0.2, 0.25) is 0 Å². The number of hydrogen-bond acceptors (Lipinski definition) is 1. The molecular weight excluding hydrogens is 214 g/mol. The van der Waals surface area contributed by atoms with Crippen molar-refractivity contribution < 1.29 is 0 Å². The van der Waals surface area contributed by atoms with E-state index in [0.29, 0.717) is 0 Å². The molecule has 3 heteroatoms. The smallest absolute Gasteiger partial charge is 0.112 e. The number of nitrogens with zero attached hydrogens (tertiary/aromatic N) is 1. The lowest BCUT2D eigenvalue weighted by atomic mass is 9.96. The average Bonchev–Trinajstić information content (AvgIpc) is 2.00. The van der Waals surface area contributed by atoms with E-state index in [4.69, 9.17) is 0 Å². The van der Waals surface area contributed by atoms with Crippen LogP contribution in [0.2, 0.25) is 39.3 Å². The highest BCUT2D eigenvalue weighted by Gasteiger charge is 2.39. The van der Waals surface area contributed by atoms with Crippen molar-refractivity contribution in [1.82, 2.24) is 4.23 Å². The maximum Gasteiger partial charge on any atom is 0.112 e. The van der Waals surface area contributed by atoms with E-state index in [2.05, 4.69) is 43.5 Å². The standard InChI is InChI=1S/C12H29NSi2/c1-14(2,3)13(15(4,5)6)12-10-8-7-9-11-12/h12H,7-11H2,1-6H3. The van der Waals surface area contributed by atoms with Crippen LogP contribution >= 0.6 is 0 Å². The van der Waals surface area contributed by atoms with Gasteiger partial charge in [0.05, 0.1) is 0 Å². The van der Waals surface area contributed by atoms with Crippen molar-refractivity contribution in [1.29, 1.82) is 0 Å². The summed E-state index contributed by atoms with van der Waals surface area (Å²) in [6.07, 6.45) is 7.34. The molecule has 1 fully saturated rings. The van der Waals surface area contributed by atoms with Crippen molar-refractivity contribution in [3.8, 4) is 0 Å². The van der Waals surface area contributed by atoms with E-state index in [1.807, 2.05) is 0 Å². The summed E-state index contributed by atoms with van der Waals surface area (Å²) in [5, 5.41) is 0. The van der Waals surface area contributed by atoms with Gasteiger partial charge in [0.25, 0.3) is 0 Å². The predicted molar refractivity (Wildman–Crippen MR) is 75.4 cm³/mol. The van der Waals surface area contributed by atoms with Crippen LogP contribution in [0.1, 0.15) is 32.1 Å². The van der Waals surface area contributed by atoms with Crippen LogP contribution in [0.4, 0.5) is 0 Å². The maximum absolute atomic E-state index is 3.01. The van der Waals surface area contributed by atoms with Crippen molar-refractivity contribution in [2.24, 2.45) is 0 Å². The van der Waals surface area contributed by atoms with Crippen LogP contribution in [0.15, 0.2) is 0 Å². The zero-order valence-corrected chi connectivity index (χ0v) is 13.6. The Morgan fingerprint density at radius 2 is 1.13 bits per heavy atom. The van der Waals surface area contributed by atoms with Crippen LogP contribution < -0.4 is 0 Å². The van der Waals surface area contributed by atoms with Gasteiger partial charge in [-0.05, 0) is 18.9 Å². The van der Waals surface area contributed by atoms with Gasteiger partial charge in [-0.2, -0.15) is 0 Å². The van der Waals surface area contributed by atoms with Crippen molar-refractivity contribution >= 4 is 16.5 Å². The first kappa shape index (κ1) is 13.5. The molecule has 1 nitrogen and oxygen atoms in total. The van der Waals surface area contributed by atoms with Crippen molar-refractivity contribution in [2.75, 3.05) is 0 Å². The van der Waals surface area contributed by atoms with Crippen LogP contribution in [0.3, 0.4) is 0 Å². The molecule has 0 heterocycles. The molecule has 0 spiro atoms. The Labute approximate surface area is 98.4 Å². The highest BCUT2D eigenvalue weighted by molar-refractivity contribution is 6.89. The molecule has 0 bridgehead atoms. The fraction of sp³-hybridized carbons (Fsp3) is 1.00. The Hall–Kier alpha value is 0.394. The van der Waals surface area contributed by atoms with Gasteiger partial charge in [0.15, 0.2) is 0 Å². The van der Waals surface area contributed by atoms with E-state index in [-0.39, 0.29) is 0 Å². The first-order valence-corrected chi connectivity index (χ1v) is 13.4. The molecule has 1 aliphatic carbocycles. The van der Waals surface area contributed by atoms with Crippen LogP contribution in [-0.2, 0) is 0 Å². The van der Waals surface area contributed by atoms with Crippen molar-refractivity contribution in [2.45, 2.75) is 77.4 Å². The topological polar surface area (TPSA) is 3.24 Å². The monoisotopic (exact) mass is 243 g/mol. The first-order chi connectivity index (χ1) is 6.73. The van der Waals surface area contributed by atoms with Gasteiger partial charge in [-0.15, -0.1) is 0 Å². The molecule has 0 aromatic carbocycles. The summed E-state index contributed by atoms with van der Waals surface area (Å²) in [6.45, 7) is 15.2. The Morgan fingerprint density at radius 1 is 0.733 bits per heavy atom. The van der Waals surface area contributed by atoms with Gasteiger partial charge < -0.3 is 4.23 Å². The third-order valence-electron chi connectivity index (χ3n) is 3.39. The Kier molecular flexibility index (Phi) is 4.23. The van der Waals surface area contributed by atoms with E-state index in [1.54, 1.807) is 0 Å². The summed E-state index contributed by atoms with van der Waals surface area (Å²) in [5.41, 5.74) is 0. The first-order valence-electron chi connectivity index (χ1n) is 6.52. The summed E-state index contributed by atoms with van der Waals surface area (Å²) >= 11 is 0. The molecule has 0 aromatic rings. The van der Waals surface area contributed by atoms with Crippen LogP contribution in [-0.4, -0.2) is 26.7 Å². The van der Waals surface area contributed by atoms with E-state index in [9.17, 15) is 0 Å². The molecule has 0 unspecified atom stereocenters. The Balaban J connectivity index is 2.80. The average molecular weight is 244 g/mol. The fourth-order valence-electron chi connectivity index (χ4n) is 3.44. The van der Waals surface area contributed by atoms with E-state index in [1.165, 1.54) is 32.1 Å². The molecule has 1 aliphatic rings. The lowest BCUT2D eigenvalue weighted by Gasteiger charge is -2.50. The molecule has 0 aromatic heterocycles. The number of rotatable bonds is 3. The Bertz CT molecular complexity index is 183. The quantitative estimate of drug-likeness (QED) is 0.668.